The number of ether oxygens (including phenoxy) is 1. The van der Waals surface area contributed by atoms with Crippen LogP contribution < -0.4 is 10.6 Å². The van der Waals surface area contributed by atoms with Crippen LogP contribution in [0, 0.1) is 0 Å². The molecule has 1 aromatic carbocycles. The largest absolute Gasteiger partial charge is 0.406 e. The first-order chi connectivity index (χ1) is 20.3. The highest BCUT2D eigenvalue weighted by Gasteiger charge is 2.32. The summed E-state index contributed by atoms with van der Waals surface area (Å²) in [6.45, 7) is 3.96. The van der Waals surface area contributed by atoms with Crippen LogP contribution in [0.2, 0.25) is 0 Å². The Morgan fingerprint density at radius 1 is 1.23 bits per heavy atom. The van der Waals surface area contributed by atoms with Crippen molar-refractivity contribution in [2.75, 3.05) is 39.2 Å². The smallest absolute Gasteiger partial charge is 0.382 e. The van der Waals surface area contributed by atoms with Gasteiger partial charge in [0.15, 0.2) is 0 Å². The van der Waals surface area contributed by atoms with E-state index in [2.05, 4.69) is 20.8 Å². The van der Waals surface area contributed by atoms with Crippen LogP contribution in [0.4, 0.5) is 23.2 Å². The molecule has 232 valence electrons. The van der Waals surface area contributed by atoms with Crippen molar-refractivity contribution < 1.29 is 31.6 Å². The number of alkyl halides is 4. The van der Waals surface area contributed by atoms with Gasteiger partial charge in [-0.3, -0.25) is 4.79 Å². The van der Waals surface area contributed by atoms with Crippen molar-refractivity contribution in [1.82, 2.24) is 29.5 Å². The van der Waals surface area contributed by atoms with Crippen molar-refractivity contribution in [2.24, 2.45) is 0 Å². The molecule has 0 unspecified atom stereocenters. The monoisotopic (exact) mass is 605 g/mol. The predicted molar refractivity (Wildman–Crippen MR) is 153 cm³/mol. The van der Waals surface area contributed by atoms with Crippen molar-refractivity contribution >= 4 is 22.5 Å². The number of likely N-dealkylation sites (tertiary alicyclic amines) is 1. The van der Waals surface area contributed by atoms with Crippen LogP contribution in [-0.2, 0) is 23.4 Å². The van der Waals surface area contributed by atoms with Crippen LogP contribution >= 0.6 is 0 Å². The molecule has 14 heteroatoms. The third-order valence-corrected chi connectivity index (χ3v) is 7.62. The van der Waals surface area contributed by atoms with Gasteiger partial charge in [-0.15, -0.1) is 0 Å². The number of carbonyl (C=O) groups is 1. The third kappa shape index (κ3) is 6.85. The summed E-state index contributed by atoms with van der Waals surface area (Å²) >= 11 is 0. The lowest BCUT2D eigenvalue weighted by Gasteiger charge is -2.33. The second-order valence-corrected chi connectivity index (χ2v) is 11.5. The molecule has 0 spiro atoms. The van der Waals surface area contributed by atoms with Gasteiger partial charge in [0.2, 0.25) is 11.7 Å². The predicted octanol–water partition coefficient (Wildman–Crippen LogP) is 4.82. The number of methoxy groups -OCH3 is 1. The van der Waals surface area contributed by atoms with E-state index in [1.54, 1.807) is 49.8 Å². The van der Waals surface area contributed by atoms with Gasteiger partial charge >= 0.3 is 6.18 Å². The lowest BCUT2D eigenvalue weighted by molar-refractivity contribution is -0.139. The number of anilines is 1. The standard InChI is InChI=1S/C29H35F4N7O3/c1-28(2,17-42-4)39-11-8-18(14-39)27(41)34-13-25-36-26(37-43-25)24-12-19-21(35-22-9-10-38(3)15-20(22)30)6-5-7-23(19)40(24)16-29(31,32)33/h5-8,11-12,14,20,22,35H,9-10,13,15-17H2,1-4H3,(H,34,41)/t20-,22+/m0/s1. The third-order valence-electron chi connectivity index (χ3n) is 7.62. The molecular formula is C29H35F4N7O3. The summed E-state index contributed by atoms with van der Waals surface area (Å²) in [5.41, 5.74) is 0.948. The van der Waals surface area contributed by atoms with Crippen molar-refractivity contribution in [2.45, 2.75) is 57.3 Å². The first-order valence-corrected chi connectivity index (χ1v) is 13.9. The molecule has 1 aliphatic heterocycles. The number of benzene rings is 1. The Morgan fingerprint density at radius 3 is 2.74 bits per heavy atom. The minimum atomic E-state index is -4.53. The fourth-order valence-electron chi connectivity index (χ4n) is 5.39. The molecule has 0 saturated carbocycles. The quantitative estimate of drug-likeness (QED) is 0.250. The minimum Gasteiger partial charge on any atom is -0.382 e. The maximum absolute atomic E-state index is 14.8. The molecular weight excluding hydrogens is 570 g/mol. The maximum Gasteiger partial charge on any atom is 0.406 e. The fraction of sp³-hybridized carbons (Fsp3) is 0.483. The summed E-state index contributed by atoms with van der Waals surface area (Å²) in [5.74, 6) is -0.421. The van der Waals surface area contributed by atoms with Crippen LogP contribution in [0.25, 0.3) is 22.4 Å². The number of rotatable bonds is 10. The molecule has 2 N–H and O–H groups in total. The zero-order chi connectivity index (χ0) is 30.9. The number of carbonyl (C=O) groups excluding carboxylic acids is 1. The normalized spacial score (nSPS) is 18.3. The highest BCUT2D eigenvalue weighted by molar-refractivity contribution is 5.96. The Labute approximate surface area is 246 Å². The molecule has 1 amide bonds. The number of aromatic nitrogens is 4. The second kappa shape index (κ2) is 12.0. The molecule has 1 saturated heterocycles. The SMILES string of the molecule is COCC(C)(C)n1ccc(C(=O)NCc2nc(-c3cc4c(N[C@@H]5CCN(C)C[C@@H]5F)cccc4n3CC(F)(F)F)no2)c1. The van der Waals surface area contributed by atoms with Gasteiger partial charge in [-0.25, -0.2) is 4.39 Å². The molecule has 1 aliphatic rings. The molecule has 4 aromatic rings. The van der Waals surface area contributed by atoms with Gasteiger partial charge in [0.05, 0.1) is 41.5 Å². The molecule has 3 aromatic heterocycles. The molecule has 10 nitrogen and oxygen atoms in total. The first-order valence-electron chi connectivity index (χ1n) is 13.9. The number of hydrogen-bond donors (Lipinski definition) is 2. The Morgan fingerprint density at radius 2 is 2.02 bits per heavy atom. The van der Waals surface area contributed by atoms with E-state index >= 15 is 0 Å². The minimum absolute atomic E-state index is 0.0243. The number of hydrogen-bond acceptors (Lipinski definition) is 7. The van der Waals surface area contributed by atoms with Gasteiger partial charge in [-0.2, -0.15) is 18.2 Å². The first kappa shape index (κ1) is 30.5. The Hall–Kier alpha value is -3.91. The molecule has 0 bridgehead atoms. The molecule has 0 radical (unpaired) electrons. The molecule has 4 heterocycles. The number of piperidine rings is 1. The average Bonchev–Trinajstić information content (AvgIpc) is 3.68. The zero-order valence-corrected chi connectivity index (χ0v) is 24.4. The Balaban J connectivity index is 1.37. The molecule has 5 rings (SSSR count). The lowest BCUT2D eigenvalue weighted by atomic mass is 10.0. The van der Waals surface area contributed by atoms with Crippen LogP contribution in [0.5, 0.6) is 0 Å². The average molecular weight is 606 g/mol. The van der Waals surface area contributed by atoms with E-state index in [0.29, 0.717) is 41.7 Å². The number of halogens is 4. The van der Waals surface area contributed by atoms with E-state index in [-0.39, 0.29) is 41.9 Å². The van der Waals surface area contributed by atoms with Gasteiger partial charge in [0, 0.05) is 43.7 Å². The van der Waals surface area contributed by atoms with Gasteiger partial charge in [0.1, 0.15) is 12.7 Å². The molecule has 2 atom stereocenters. The van der Waals surface area contributed by atoms with E-state index in [1.807, 2.05) is 30.4 Å². The van der Waals surface area contributed by atoms with E-state index in [9.17, 15) is 22.4 Å². The highest BCUT2D eigenvalue weighted by Crippen LogP contribution is 2.35. The fourth-order valence-corrected chi connectivity index (χ4v) is 5.39. The Kier molecular flexibility index (Phi) is 8.52. The van der Waals surface area contributed by atoms with Crippen molar-refractivity contribution in [1.29, 1.82) is 0 Å². The zero-order valence-electron chi connectivity index (χ0n) is 24.4. The number of nitrogens with one attached hydrogen (secondary N) is 2. The Bertz CT molecular complexity index is 1580. The van der Waals surface area contributed by atoms with Crippen LogP contribution in [0.3, 0.4) is 0 Å². The summed E-state index contributed by atoms with van der Waals surface area (Å²) in [4.78, 5) is 18.9. The van der Waals surface area contributed by atoms with E-state index in [1.165, 1.54) is 0 Å². The topological polar surface area (TPSA) is 102 Å². The van der Waals surface area contributed by atoms with Crippen molar-refractivity contribution in [3.05, 3.63) is 54.2 Å². The molecule has 1 fully saturated rings. The van der Waals surface area contributed by atoms with Crippen LogP contribution in [-0.4, -0.2) is 82.3 Å². The summed E-state index contributed by atoms with van der Waals surface area (Å²) < 4.78 is 69.3. The highest BCUT2D eigenvalue weighted by atomic mass is 19.4. The van der Waals surface area contributed by atoms with E-state index in [0.717, 1.165) is 4.57 Å². The number of fused-ring (bicyclic) bond motifs is 1. The van der Waals surface area contributed by atoms with Crippen molar-refractivity contribution in [3.63, 3.8) is 0 Å². The van der Waals surface area contributed by atoms with Gasteiger partial charge in [-0.05, 0) is 51.6 Å². The summed E-state index contributed by atoms with van der Waals surface area (Å²) in [6, 6.07) is 7.66. The number of nitrogens with zero attached hydrogens (tertiary/aromatic N) is 5. The van der Waals surface area contributed by atoms with Crippen LogP contribution in [0.15, 0.2) is 47.2 Å². The molecule has 0 aliphatic carbocycles. The van der Waals surface area contributed by atoms with E-state index < -0.39 is 24.9 Å². The van der Waals surface area contributed by atoms with Crippen LogP contribution in [0.1, 0.15) is 36.5 Å². The van der Waals surface area contributed by atoms with Crippen molar-refractivity contribution in [3.8, 4) is 11.5 Å². The van der Waals surface area contributed by atoms with Gasteiger partial charge in [-0.1, -0.05) is 11.2 Å². The van der Waals surface area contributed by atoms with Gasteiger partial charge in [0.25, 0.3) is 5.91 Å². The summed E-state index contributed by atoms with van der Waals surface area (Å²) in [6.07, 6.45) is -1.62. The second-order valence-electron chi connectivity index (χ2n) is 11.5. The maximum atomic E-state index is 14.8. The summed E-state index contributed by atoms with van der Waals surface area (Å²) in [5, 5.41) is 10.3. The van der Waals surface area contributed by atoms with E-state index in [4.69, 9.17) is 9.26 Å². The van der Waals surface area contributed by atoms with Gasteiger partial charge < -0.3 is 33.9 Å². The molecule has 43 heavy (non-hydrogen) atoms. The summed E-state index contributed by atoms with van der Waals surface area (Å²) in [7, 11) is 3.45. The number of amides is 1. The lowest BCUT2D eigenvalue weighted by Crippen LogP contribution is -2.46.